The van der Waals surface area contributed by atoms with Crippen molar-refractivity contribution in [3.63, 3.8) is 0 Å². The number of benzene rings is 3. The van der Waals surface area contributed by atoms with E-state index in [1.165, 1.54) is 33.9 Å². The lowest BCUT2D eigenvalue weighted by molar-refractivity contribution is -0.121. The first-order valence-electron chi connectivity index (χ1n) is 11.4. The number of aromatic nitrogens is 2. The van der Waals surface area contributed by atoms with Gasteiger partial charge in [0.05, 0.1) is 29.8 Å². The van der Waals surface area contributed by atoms with Crippen molar-refractivity contribution in [2.45, 2.75) is 18.9 Å². The molecule has 3 heterocycles. The standard InChI is InChI=1S/C27H27N5O/c1-31-15-5-10-26(31)27-28-16-24(29-27)23-9-4-7-21-20(6-3-8-22(21)23)18-11-13-19(14-12-18)25-17-32(2)33-30-25/h3-4,6-9,11-14,16-17,26,30H,5,10,15H2,1-2H3,(H,28,29). The van der Waals surface area contributed by atoms with Gasteiger partial charge in [-0.05, 0) is 48.3 Å². The minimum atomic E-state index is 0.387. The highest BCUT2D eigenvalue weighted by molar-refractivity contribution is 6.04. The molecule has 4 aromatic rings. The number of aromatic amines is 1. The minimum absolute atomic E-state index is 0.387. The van der Waals surface area contributed by atoms with Crippen LogP contribution >= 0.6 is 0 Å². The Kier molecular flexibility index (Phi) is 4.89. The van der Waals surface area contributed by atoms with Crippen LogP contribution in [0.1, 0.15) is 30.3 Å². The summed E-state index contributed by atoms with van der Waals surface area (Å²) in [4.78, 5) is 16.0. The van der Waals surface area contributed by atoms with Crippen LogP contribution in [0.4, 0.5) is 0 Å². The summed E-state index contributed by atoms with van der Waals surface area (Å²) in [5.41, 5.74) is 9.65. The number of hydroxylamine groups is 3. The zero-order valence-electron chi connectivity index (χ0n) is 18.9. The average molecular weight is 438 g/mol. The van der Waals surface area contributed by atoms with Crippen LogP contribution in [0.25, 0.3) is 38.9 Å². The predicted octanol–water partition coefficient (Wildman–Crippen LogP) is 5.34. The zero-order valence-corrected chi connectivity index (χ0v) is 18.9. The van der Waals surface area contributed by atoms with Gasteiger partial charge in [0, 0.05) is 18.2 Å². The van der Waals surface area contributed by atoms with Crippen molar-refractivity contribution >= 4 is 16.5 Å². The van der Waals surface area contributed by atoms with E-state index in [2.05, 4.69) is 83.1 Å². The first-order valence-corrected chi connectivity index (χ1v) is 11.4. The molecule has 33 heavy (non-hydrogen) atoms. The van der Waals surface area contributed by atoms with Crippen molar-refractivity contribution in [1.29, 1.82) is 0 Å². The van der Waals surface area contributed by atoms with Gasteiger partial charge < -0.3 is 4.98 Å². The van der Waals surface area contributed by atoms with Crippen LogP contribution in [0.15, 0.2) is 73.1 Å². The molecular weight excluding hydrogens is 410 g/mol. The first kappa shape index (κ1) is 20.0. The van der Waals surface area contributed by atoms with Gasteiger partial charge in [-0.2, -0.15) is 4.94 Å². The molecule has 6 rings (SSSR count). The number of likely N-dealkylation sites (tertiary alicyclic amines) is 1. The van der Waals surface area contributed by atoms with Gasteiger partial charge >= 0.3 is 0 Å². The highest BCUT2D eigenvalue weighted by Crippen LogP contribution is 2.36. The number of imidazole rings is 1. The largest absolute Gasteiger partial charge is 0.341 e. The van der Waals surface area contributed by atoms with Gasteiger partial charge in [0.25, 0.3) is 0 Å². The second-order valence-corrected chi connectivity index (χ2v) is 8.89. The molecule has 166 valence electrons. The topological polar surface area (TPSA) is 56.4 Å². The summed E-state index contributed by atoms with van der Waals surface area (Å²) in [6, 6.07) is 22.0. The Labute approximate surface area is 193 Å². The second kappa shape index (κ2) is 8.06. The van der Waals surface area contributed by atoms with E-state index >= 15 is 0 Å². The smallest absolute Gasteiger partial charge is 0.123 e. The summed E-state index contributed by atoms with van der Waals surface area (Å²) in [5, 5.41) is 4.11. The van der Waals surface area contributed by atoms with Crippen molar-refractivity contribution < 1.29 is 4.94 Å². The molecule has 0 saturated carbocycles. The third kappa shape index (κ3) is 3.57. The van der Waals surface area contributed by atoms with E-state index in [1.807, 2.05) is 19.4 Å². The van der Waals surface area contributed by atoms with E-state index in [0.29, 0.717) is 6.04 Å². The molecule has 3 aromatic carbocycles. The summed E-state index contributed by atoms with van der Waals surface area (Å²) in [7, 11) is 4.04. The fraction of sp³-hybridized carbons (Fsp3) is 0.222. The van der Waals surface area contributed by atoms with Crippen LogP contribution in [0, 0.1) is 0 Å². The maximum atomic E-state index is 5.27. The van der Waals surface area contributed by atoms with Gasteiger partial charge in [0.15, 0.2) is 0 Å². The van der Waals surface area contributed by atoms with Gasteiger partial charge in [-0.3, -0.25) is 4.90 Å². The first-order chi connectivity index (χ1) is 16.2. The Balaban J connectivity index is 1.37. The Hall–Kier alpha value is -3.61. The molecule has 6 nitrogen and oxygen atoms in total. The maximum absolute atomic E-state index is 5.27. The molecule has 0 spiro atoms. The summed E-state index contributed by atoms with van der Waals surface area (Å²) < 4.78 is 0. The Morgan fingerprint density at radius 1 is 0.909 bits per heavy atom. The molecule has 1 unspecified atom stereocenters. The van der Waals surface area contributed by atoms with Crippen LogP contribution in [-0.4, -0.2) is 40.6 Å². The lowest BCUT2D eigenvalue weighted by Gasteiger charge is -2.16. The normalized spacial score (nSPS) is 18.7. The van der Waals surface area contributed by atoms with E-state index in [-0.39, 0.29) is 0 Å². The summed E-state index contributed by atoms with van der Waals surface area (Å²) in [6.07, 6.45) is 6.30. The van der Waals surface area contributed by atoms with Crippen LogP contribution in [-0.2, 0) is 4.94 Å². The molecular formula is C27H27N5O. The van der Waals surface area contributed by atoms with Crippen LogP contribution in [0.5, 0.6) is 0 Å². The maximum Gasteiger partial charge on any atom is 0.123 e. The molecule has 6 heteroatoms. The fourth-order valence-electron chi connectivity index (χ4n) is 5.01. The monoisotopic (exact) mass is 437 g/mol. The van der Waals surface area contributed by atoms with E-state index in [9.17, 15) is 0 Å². The van der Waals surface area contributed by atoms with Crippen LogP contribution in [0.2, 0.25) is 0 Å². The summed E-state index contributed by atoms with van der Waals surface area (Å²) in [6.45, 7) is 1.13. The van der Waals surface area contributed by atoms with Crippen molar-refractivity contribution in [2.75, 3.05) is 20.6 Å². The third-order valence-electron chi connectivity index (χ3n) is 6.76. The number of fused-ring (bicyclic) bond motifs is 1. The molecule has 0 aliphatic carbocycles. The predicted molar refractivity (Wildman–Crippen MR) is 132 cm³/mol. The van der Waals surface area contributed by atoms with Crippen molar-refractivity contribution in [3.8, 4) is 22.4 Å². The number of rotatable bonds is 4. The summed E-state index contributed by atoms with van der Waals surface area (Å²) >= 11 is 0. The van der Waals surface area contributed by atoms with Gasteiger partial charge in [0.2, 0.25) is 0 Å². The summed E-state index contributed by atoms with van der Waals surface area (Å²) in [5.74, 6) is 1.07. The molecule has 1 atom stereocenters. The number of H-pyrrole nitrogens is 1. The van der Waals surface area contributed by atoms with Crippen LogP contribution < -0.4 is 5.48 Å². The van der Waals surface area contributed by atoms with E-state index in [1.54, 1.807) is 5.06 Å². The Bertz CT molecular complexity index is 1340. The Morgan fingerprint density at radius 3 is 2.33 bits per heavy atom. The van der Waals surface area contributed by atoms with Gasteiger partial charge in [-0.15, -0.1) is 0 Å². The molecule has 1 saturated heterocycles. The highest BCUT2D eigenvalue weighted by atomic mass is 16.8. The fourth-order valence-corrected chi connectivity index (χ4v) is 5.01. The highest BCUT2D eigenvalue weighted by Gasteiger charge is 2.25. The number of nitrogens with zero attached hydrogens (tertiary/aromatic N) is 3. The lowest BCUT2D eigenvalue weighted by atomic mass is 9.94. The van der Waals surface area contributed by atoms with Gasteiger partial charge in [-0.1, -0.05) is 60.7 Å². The molecule has 0 radical (unpaired) electrons. The second-order valence-electron chi connectivity index (χ2n) is 8.89. The molecule has 2 aliphatic heterocycles. The van der Waals surface area contributed by atoms with E-state index < -0.39 is 0 Å². The average Bonchev–Trinajstić information content (AvgIpc) is 3.59. The number of hydrogen-bond acceptors (Lipinski definition) is 5. The minimum Gasteiger partial charge on any atom is -0.341 e. The lowest BCUT2D eigenvalue weighted by Crippen LogP contribution is -2.18. The molecule has 1 fully saturated rings. The zero-order chi connectivity index (χ0) is 22.4. The van der Waals surface area contributed by atoms with E-state index in [0.717, 1.165) is 35.7 Å². The van der Waals surface area contributed by atoms with Crippen molar-refractivity contribution in [1.82, 2.24) is 25.4 Å². The number of hydrogen-bond donors (Lipinski definition) is 2. The molecule has 2 aliphatic rings. The molecule has 2 N–H and O–H groups in total. The third-order valence-corrected chi connectivity index (χ3v) is 6.76. The number of nitrogens with one attached hydrogen (secondary N) is 2. The Morgan fingerprint density at radius 2 is 1.64 bits per heavy atom. The van der Waals surface area contributed by atoms with Crippen LogP contribution in [0.3, 0.4) is 0 Å². The SMILES string of the molecule is CN1C=C(c2ccc(-c3cccc4c(-c5cnc(C6CCCN6C)[nH]5)cccc34)cc2)NO1. The molecule has 1 aromatic heterocycles. The van der Waals surface area contributed by atoms with E-state index in [4.69, 9.17) is 9.92 Å². The molecule has 0 amide bonds. The quantitative estimate of drug-likeness (QED) is 0.451. The van der Waals surface area contributed by atoms with Crippen molar-refractivity contribution in [2.24, 2.45) is 0 Å². The van der Waals surface area contributed by atoms with Gasteiger partial charge in [0.1, 0.15) is 5.82 Å². The molecule has 0 bridgehead atoms. The van der Waals surface area contributed by atoms with Crippen molar-refractivity contribution in [3.05, 3.63) is 84.4 Å². The van der Waals surface area contributed by atoms with Gasteiger partial charge in [-0.25, -0.2) is 15.5 Å².